The molecule has 1 N–H and O–H groups in total. The topological polar surface area (TPSA) is 90.0 Å². The second-order valence-corrected chi connectivity index (χ2v) is 11.6. The van der Waals surface area contributed by atoms with Gasteiger partial charge in [0, 0.05) is 45.7 Å². The lowest BCUT2D eigenvalue weighted by Gasteiger charge is -2.22. The van der Waals surface area contributed by atoms with Crippen molar-refractivity contribution in [3.63, 3.8) is 0 Å². The first-order chi connectivity index (χ1) is 15.9. The SMILES string of the molecule is O=C(CCc1ccccc1)N1CCCN(C(=O)Nc2ccc(S(=O)(=O)N3CCCC3)s2)CC1. The summed E-state index contributed by atoms with van der Waals surface area (Å²) in [5.74, 6) is 0.108. The van der Waals surface area contributed by atoms with Crippen LogP contribution in [0.25, 0.3) is 0 Å². The number of anilines is 1. The van der Waals surface area contributed by atoms with Crippen molar-refractivity contribution in [3.05, 3.63) is 48.0 Å². The number of nitrogens with zero attached hydrogens (tertiary/aromatic N) is 3. The lowest BCUT2D eigenvalue weighted by molar-refractivity contribution is -0.131. The van der Waals surface area contributed by atoms with Crippen molar-refractivity contribution in [2.45, 2.75) is 36.3 Å². The molecule has 178 valence electrons. The minimum atomic E-state index is -3.48. The number of sulfonamides is 1. The van der Waals surface area contributed by atoms with Crippen LogP contribution in [0, 0.1) is 0 Å². The highest BCUT2D eigenvalue weighted by molar-refractivity contribution is 7.91. The van der Waals surface area contributed by atoms with Gasteiger partial charge in [-0.2, -0.15) is 4.31 Å². The highest BCUT2D eigenvalue weighted by atomic mass is 32.2. The van der Waals surface area contributed by atoms with E-state index in [1.54, 1.807) is 17.0 Å². The number of carbonyl (C=O) groups excluding carboxylic acids is 2. The van der Waals surface area contributed by atoms with E-state index in [1.807, 2.05) is 35.2 Å². The molecule has 33 heavy (non-hydrogen) atoms. The molecule has 2 aliphatic rings. The Hall–Kier alpha value is -2.43. The van der Waals surface area contributed by atoms with E-state index < -0.39 is 10.0 Å². The van der Waals surface area contributed by atoms with Gasteiger partial charge in [-0.25, -0.2) is 13.2 Å². The highest BCUT2D eigenvalue weighted by Gasteiger charge is 2.29. The number of urea groups is 1. The molecule has 0 spiro atoms. The molecule has 0 radical (unpaired) electrons. The van der Waals surface area contributed by atoms with E-state index in [0.717, 1.165) is 29.7 Å². The van der Waals surface area contributed by atoms with E-state index in [4.69, 9.17) is 0 Å². The number of rotatable bonds is 6. The third-order valence-corrected chi connectivity index (χ3v) is 9.44. The number of aryl methyl sites for hydroxylation is 1. The summed E-state index contributed by atoms with van der Waals surface area (Å²) in [5, 5.41) is 3.34. The lowest BCUT2D eigenvalue weighted by Crippen LogP contribution is -2.39. The van der Waals surface area contributed by atoms with E-state index >= 15 is 0 Å². The van der Waals surface area contributed by atoms with Crippen LogP contribution in [-0.2, 0) is 21.2 Å². The molecular weight excluding hydrogens is 460 g/mol. The Kier molecular flexibility index (Phi) is 7.67. The van der Waals surface area contributed by atoms with E-state index in [0.29, 0.717) is 63.5 Å². The van der Waals surface area contributed by atoms with Gasteiger partial charge in [-0.1, -0.05) is 30.3 Å². The first-order valence-corrected chi connectivity index (χ1v) is 13.7. The van der Waals surface area contributed by atoms with Gasteiger partial charge >= 0.3 is 6.03 Å². The third kappa shape index (κ3) is 5.93. The number of benzene rings is 1. The van der Waals surface area contributed by atoms with Gasteiger partial charge in [0.25, 0.3) is 10.0 Å². The maximum Gasteiger partial charge on any atom is 0.322 e. The van der Waals surface area contributed by atoms with Crippen LogP contribution in [0.5, 0.6) is 0 Å². The van der Waals surface area contributed by atoms with Crippen molar-refractivity contribution in [1.82, 2.24) is 14.1 Å². The summed E-state index contributed by atoms with van der Waals surface area (Å²) >= 11 is 1.08. The molecule has 2 aliphatic heterocycles. The zero-order chi connectivity index (χ0) is 23.3. The molecule has 1 aromatic heterocycles. The van der Waals surface area contributed by atoms with Crippen molar-refractivity contribution in [3.8, 4) is 0 Å². The molecule has 2 fully saturated rings. The van der Waals surface area contributed by atoms with Crippen molar-refractivity contribution in [2.75, 3.05) is 44.6 Å². The monoisotopic (exact) mass is 490 g/mol. The maximum atomic E-state index is 12.8. The predicted octanol–water partition coefficient (Wildman–Crippen LogP) is 3.23. The summed E-state index contributed by atoms with van der Waals surface area (Å²) in [6, 6.07) is 12.9. The molecule has 0 unspecified atom stereocenters. The third-order valence-electron chi connectivity index (χ3n) is 6.08. The van der Waals surface area contributed by atoms with E-state index in [9.17, 15) is 18.0 Å². The largest absolute Gasteiger partial charge is 0.341 e. The molecule has 0 aliphatic carbocycles. The van der Waals surface area contributed by atoms with Crippen LogP contribution in [-0.4, -0.2) is 73.7 Å². The Balaban J connectivity index is 1.28. The summed E-state index contributed by atoms with van der Waals surface area (Å²) in [5.41, 5.74) is 1.14. The Morgan fingerprint density at radius 2 is 1.55 bits per heavy atom. The van der Waals surface area contributed by atoms with Crippen molar-refractivity contribution in [2.24, 2.45) is 0 Å². The lowest BCUT2D eigenvalue weighted by atomic mass is 10.1. The van der Waals surface area contributed by atoms with Crippen LogP contribution in [0.4, 0.5) is 9.80 Å². The number of thiophene rings is 1. The van der Waals surface area contributed by atoms with Gasteiger partial charge < -0.3 is 9.80 Å². The average Bonchev–Trinajstić information content (AvgIpc) is 3.47. The van der Waals surface area contributed by atoms with Gasteiger partial charge in [0.15, 0.2) is 0 Å². The van der Waals surface area contributed by atoms with Crippen LogP contribution in [0.3, 0.4) is 0 Å². The normalized spacial score (nSPS) is 17.7. The number of carbonyl (C=O) groups is 2. The number of amides is 3. The van der Waals surface area contributed by atoms with Crippen LogP contribution in [0.1, 0.15) is 31.2 Å². The molecule has 4 rings (SSSR count). The smallest absolute Gasteiger partial charge is 0.322 e. The molecule has 10 heteroatoms. The van der Waals surface area contributed by atoms with Gasteiger partial charge in [-0.15, -0.1) is 11.3 Å². The molecular formula is C23H30N4O4S2. The fourth-order valence-corrected chi connectivity index (χ4v) is 7.06. The van der Waals surface area contributed by atoms with Crippen LogP contribution in [0.2, 0.25) is 0 Å². The zero-order valence-electron chi connectivity index (χ0n) is 18.6. The summed E-state index contributed by atoms with van der Waals surface area (Å²) in [6.07, 6.45) is 3.65. The van der Waals surface area contributed by atoms with Gasteiger partial charge in [0.2, 0.25) is 5.91 Å². The minimum Gasteiger partial charge on any atom is -0.341 e. The fourth-order valence-electron chi connectivity index (χ4n) is 4.19. The highest BCUT2D eigenvalue weighted by Crippen LogP contribution is 2.30. The van der Waals surface area contributed by atoms with Gasteiger partial charge in [-0.3, -0.25) is 10.1 Å². The Morgan fingerprint density at radius 1 is 0.848 bits per heavy atom. The molecule has 2 saturated heterocycles. The zero-order valence-corrected chi connectivity index (χ0v) is 20.2. The summed E-state index contributed by atoms with van der Waals surface area (Å²) in [7, 11) is -3.48. The van der Waals surface area contributed by atoms with Crippen LogP contribution in [0.15, 0.2) is 46.7 Å². The quantitative estimate of drug-likeness (QED) is 0.673. The molecule has 8 nitrogen and oxygen atoms in total. The van der Waals surface area contributed by atoms with Crippen molar-refractivity contribution < 1.29 is 18.0 Å². The number of hydrogen-bond donors (Lipinski definition) is 1. The van der Waals surface area contributed by atoms with Crippen molar-refractivity contribution >= 4 is 38.3 Å². The van der Waals surface area contributed by atoms with E-state index in [1.165, 1.54) is 4.31 Å². The number of hydrogen-bond acceptors (Lipinski definition) is 5. The predicted molar refractivity (Wildman–Crippen MR) is 129 cm³/mol. The Morgan fingerprint density at radius 3 is 2.30 bits per heavy atom. The first kappa shape index (κ1) is 23.7. The van der Waals surface area contributed by atoms with Gasteiger partial charge in [0.1, 0.15) is 4.21 Å². The van der Waals surface area contributed by atoms with E-state index in [2.05, 4.69) is 5.32 Å². The molecule has 0 saturated carbocycles. The van der Waals surface area contributed by atoms with Crippen LogP contribution >= 0.6 is 11.3 Å². The summed E-state index contributed by atoms with van der Waals surface area (Å²) in [4.78, 5) is 29.0. The second kappa shape index (κ2) is 10.7. The molecule has 2 aromatic rings. The van der Waals surface area contributed by atoms with Gasteiger partial charge in [0.05, 0.1) is 5.00 Å². The summed E-state index contributed by atoms with van der Waals surface area (Å²) < 4.78 is 27.2. The second-order valence-electron chi connectivity index (χ2n) is 8.37. The molecule has 0 bridgehead atoms. The first-order valence-electron chi connectivity index (χ1n) is 11.4. The maximum absolute atomic E-state index is 12.8. The molecule has 3 amide bonds. The standard InChI is InChI=1S/C23H30N4O4S2/c28-21(11-9-19-7-2-1-3-8-19)25-13-6-14-26(18-17-25)23(29)24-20-10-12-22(32-20)33(30,31)27-15-4-5-16-27/h1-3,7-8,10,12H,4-6,9,11,13-18H2,(H,24,29). The molecule has 3 heterocycles. The minimum absolute atomic E-state index is 0.108. The van der Waals surface area contributed by atoms with E-state index in [-0.39, 0.29) is 16.1 Å². The fraction of sp³-hybridized carbons (Fsp3) is 0.478. The Bertz CT molecular complexity index is 1070. The average molecular weight is 491 g/mol. The number of nitrogens with one attached hydrogen (secondary N) is 1. The molecule has 1 aromatic carbocycles. The van der Waals surface area contributed by atoms with Crippen molar-refractivity contribution in [1.29, 1.82) is 0 Å². The Labute approximate surface area is 199 Å². The molecule has 0 atom stereocenters. The van der Waals surface area contributed by atoms with Crippen LogP contribution < -0.4 is 5.32 Å². The summed E-state index contributed by atoms with van der Waals surface area (Å²) in [6.45, 7) is 3.24. The van der Waals surface area contributed by atoms with Gasteiger partial charge in [-0.05, 0) is 43.4 Å².